The summed E-state index contributed by atoms with van der Waals surface area (Å²) in [4.78, 5) is 31.6. The van der Waals surface area contributed by atoms with Crippen LogP contribution in [-0.2, 0) is 14.3 Å². The van der Waals surface area contributed by atoms with Gasteiger partial charge in [-0.05, 0) is 12.1 Å². The maximum absolute atomic E-state index is 12.6. The maximum atomic E-state index is 12.6. The quantitative estimate of drug-likeness (QED) is 0.695. The Bertz CT molecular complexity index is 915. The third kappa shape index (κ3) is 4.80. The molecule has 2 aromatic rings. The summed E-state index contributed by atoms with van der Waals surface area (Å²) < 4.78 is 6.41. The second-order valence-corrected chi connectivity index (χ2v) is 8.67. The number of piperazine rings is 1. The maximum Gasteiger partial charge on any atom is 0.246 e. The zero-order valence-corrected chi connectivity index (χ0v) is 17.8. The zero-order chi connectivity index (χ0) is 20.2. The predicted molar refractivity (Wildman–Crippen MR) is 116 cm³/mol. The second kappa shape index (κ2) is 9.26. The minimum Gasteiger partial charge on any atom is -0.378 e. The van der Waals surface area contributed by atoms with Crippen LogP contribution < -0.4 is 0 Å². The summed E-state index contributed by atoms with van der Waals surface area (Å²) in [6, 6.07) is 7.97. The molecule has 0 unspecified atom stereocenters. The van der Waals surface area contributed by atoms with E-state index < -0.39 is 0 Å². The third-order valence-electron chi connectivity index (χ3n) is 5.34. The molecule has 0 saturated carbocycles. The Hall–Kier alpha value is -1.93. The molecule has 0 N–H and O–H groups in total. The summed E-state index contributed by atoms with van der Waals surface area (Å²) >= 11 is 8.03. The fourth-order valence-corrected chi connectivity index (χ4v) is 5.02. The number of carbonyl (C=O) groups is 2. The molecule has 1 aromatic heterocycles. The van der Waals surface area contributed by atoms with E-state index in [9.17, 15) is 9.59 Å². The first-order valence-corrected chi connectivity index (χ1v) is 11.0. The van der Waals surface area contributed by atoms with Gasteiger partial charge in [-0.25, -0.2) is 0 Å². The first kappa shape index (κ1) is 20.3. The highest BCUT2D eigenvalue weighted by molar-refractivity contribution is 7.20. The van der Waals surface area contributed by atoms with Crippen molar-refractivity contribution in [3.05, 3.63) is 40.2 Å². The molecule has 0 aliphatic carbocycles. The molecule has 2 aliphatic rings. The summed E-state index contributed by atoms with van der Waals surface area (Å²) in [6.07, 6.45) is 3.41. The number of halogens is 1. The molecule has 6 nitrogen and oxygen atoms in total. The molecule has 8 heteroatoms. The highest BCUT2D eigenvalue weighted by Gasteiger charge is 2.24. The molecule has 2 saturated heterocycles. The van der Waals surface area contributed by atoms with Crippen LogP contribution in [0.3, 0.4) is 0 Å². The SMILES string of the molecule is O=C(C=Cc1sc2ccccc2c1Cl)N1CCN(CC(=O)N2CCOCC2)CC1. The van der Waals surface area contributed by atoms with Gasteiger partial charge in [0.1, 0.15) is 0 Å². The number of amides is 2. The number of thiophene rings is 1. The van der Waals surface area contributed by atoms with Crippen LogP contribution in [0, 0.1) is 0 Å². The number of ether oxygens (including phenoxy) is 1. The van der Waals surface area contributed by atoms with Gasteiger partial charge >= 0.3 is 0 Å². The molecule has 3 heterocycles. The van der Waals surface area contributed by atoms with Crippen LogP contribution in [0.5, 0.6) is 0 Å². The minimum atomic E-state index is -0.0160. The van der Waals surface area contributed by atoms with Gasteiger partial charge in [0.15, 0.2) is 0 Å². The molecule has 29 heavy (non-hydrogen) atoms. The first-order chi connectivity index (χ1) is 14.1. The lowest BCUT2D eigenvalue weighted by atomic mass is 10.2. The van der Waals surface area contributed by atoms with Crippen LogP contribution in [0.4, 0.5) is 0 Å². The molecule has 0 spiro atoms. The van der Waals surface area contributed by atoms with Crippen LogP contribution in [0.2, 0.25) is 5.02 Å². The Balaban J connectivity index is 1.29. The lowest BCUT2D eigenvalue weighted by Gasteiger charge is -2.35. The highest BCUT2D eigenvalue weighted by atomic mass is 35.5. The monoisotopic (exact) mass is 433 g/mol. The lowest BCUT2D eigenvalue weighted by Crippen LogP contribution is -2.52. The fourth-order valence-electron chi connectivity index (χ4n) is 3.62. The number of morpholine rings is 1. The molecule has 2 amide bonds. The van der Waals surface area contributed by atoms with Gasteiger partial charge in [0, 0.05) is 60.3 Å². The normalized spacial score (nSPS) is 18.7. The van der Waals surface area contributed by atoms with Crippen LogP contribution in [-0.4, -0.2) is 85.5 Å². The molecule has 0 atom stereocenters. The van der Waals surface area contributed by atoms with E-state index in [1.54, 1.807) is 17.4 Å². The van der Waals surface area contributed by atoms with Crippen LogP contribution >= 0.6 is 22.9 Å². The molecule has 0 bridgehead atoms. The van der Waals surface area contributed by atoms with Crippen molar-refractivity contribution < 1.29 is 14.3 Å². The summed E-state index contributed by atoms with van der Waals surface area (Å²) in [5.41, 5.74) is 0. The number of hydrogen-bond donors (Lipinski definition) is 0. The number of nitrogens with zero attached hydrogens (tertiary/aromatic N) is 3. The van der Waals surface area contributed by atoms with Gasteiger partial charge in [0.2, 0.25) is 11.8 Å². The molecule has 1 aromatic carbocycles. The van der Waals surface area contributed by atoms with Crippen molar-refractivity contribution in [3.63, 3.8) is 0 Å². The van der Waals surface area contributed by atoms with Gasteiger partial charge in [-0.15, -0.1) is 11.3 Å². The summed E-state index contributed by atoms with van der Waals surface area (Å²) in [7, 11) is 0. The van der Waals surface area contributed by atoms with Crippen LogP contribution in [0.25, 0.3) is 16.2 Å². The van der Waals surface area contributed by atoms with E-state index in [1.165, 1.54) is 0 Å². The van der Waals surface area contributed by atoms with Crippen molar-refractivity contribution in [2.24, 2.45) is 0 Å². The highest BCUT2D eigenvalue weighted by Crippen LogP contribution is 2.35. The second-order valence-electron chi connectivity index (χ2n) is 7.20. The predicted octanol–water partition coefficient (Wildman–Crippen LogP) is 2.57. The van der Waals surface area contributed by atoms with Gasteiger partial charge in [-0.2, -0.15) is 0 Å². The number of rotatable bonds is 4. The third-order valence-corrected chi connectivity index (χ3v) is 7.00. The Morgan fingerprint density at radius 2 is 1.76 bits per heavy atom. The standard InChI is InChI=1S/C21H24ClN3O3S/c22-21-16-3-1-2-4-17(16)29-18(21)5-6-19(26)24-9-7-23(8-10-24)15-20(27)25-11-13-28-14-12-25/h1-6H,7-15H2. The van der Waals surface area contributed by atoms with Crippen molar-refractivity contribution >= 4 is 50.9 Å². The van der Waals surface area contributed by atoms with Gasteiger partial charge in [-0.1, -0.05) is 29.8 Å². The Morgan fingerprint density at radius 3 is 2.48 bits per heavy atom. The van der Waals surface area contributed by atoms with E-state index in [1.807, 2.05) is 40.1 Å². The fraction of sp³-hybridized carbons (Fsp3) is 0.429. The van der Waals surface area contributed by atoms with E-state index in [0.29, 0.717) is 64.0 Å². The van der Waals surface area contributed by atoms with Crippen molar-refractivity contribution in [1.82, 2.24) is 14.7 Å². The average molecular weight is 434 g/mol. The zero-order valence-electron chi connectivity index (χ0n) is 16.2. The summed E-state index contributed by atoms with van der Waals surface area (Å²) in [6.45, 7) is 5.65. The first-order valence-electron chi connectivity index (χ1n) is 9.84. The van der Waals surface area contributed by atoms with E-state index in [2.05, 4.69) is 4.90 Å². The topological polar surface area (TPSA) is 53.1 Å². The molecular weight excluding hydrogens is 410 g/mol. The van der Waals surface area contributed by atoms with E-state index in [-0.39, 0.29) is 11.8 Å². The Kier molecular flexibility index (Phi) is 6.50. The molecule has 0 radical (unpaired) electrons. The molecule has 154 valence electrons. The molecular formula is C21H24ClN3O3S. The van der Waals surface area contributed by atoms with Gasteiger partial charge in [-0.3, -0.25) is 14.5 Å². The van der Waals surface area contributed by atoms with Crippen LogP contribution in [0.15, 0.2) is 30.3 Å². The van der Waals surface area contributed by atoms with Crippen molar-refractivity contribution in [2.75, 3.05) is 59.0 Å². The van der Waals surface area contributed by atoms with Crippen molar-refractivity contribution in [2.45, 2.75) is 0 Å². The lowest BCUT2D eigenvalue weighted by molar-refractivity contribution is -0.137. The Morgan fingerprint density at radius 1 is 1.03 bits per heavy atom. The minimum absolute atomic E-state index is 0.0160. The summed E-state index contributed by atoms with van der Waals surface area (Å²) in [5.74, 6) is 0.130. The van der Waals surface area contributed by atoms with E-state index in [4.69, 9.17) is 16.3 Å². The average Bonchev–Trinajstić information content (AvgIpc) is 3.09. The number of hydrogen-bond acceptors (Lipinski definition) is 5. The van der Waals surface area contributed by atoms with E-state index in [0.717, 1.165) is 15.0 Å². The van der Waals surface area contributed by atoms with Crippen LogP contribution in [0.1, 0.15) is 4.88 Å². The van der Waals surface area contributed by atoms with Gasteiger partial charge in [0.05, 0.1) is 24.8 Å². The molecule has 4 rings (SSSR count). The molecule has 2 fully saturated rings. The van der Waals surface area contributed by atoms with Gasteiger partial charge < -0.3 is 14.5 Å². The smallest absolute Gasteiger partial charge is 0.246 e. The van der Waals surface area contributed by atoms with Gasteiger partial charge in [0.25, 0.3) is 0 Å². The number of carbonyl (C=O) groups excluding carboxylic acids is 2. The number of fused-ring (bicyclic) bond motifs is 1. The van der Waals surface area contributed by atoms with E-state index >= 15 is 0 Å². The largest absolute Gasteiger partial charge is 0.378 e. The van der Waals surface area contributed by atoms with Crippen molar-refractivity contribution in [1.29, 1.82) is 0 Å². The molecule has 2 aliphatic heterocycles. The van der Waals surface area contributed by atoms with Crippen molar-refractivity contribution in [3.8, 4) is 0 Å². The number of benzene rings is 1. The summed E-state index contributed by atoms with van der Waals surface area (Å²) in [5, 5.41) is 1.71. The Labute approximate surface area is 179 Å².